The summed E-state index contributed by atoms with van der Waals surface area (Å²) in [5, 5.41) is 5.48. The third kappa shape index (κ3) is 6.50. The van der Waals surface area contributed by atoms with Gasteiger partial charge in [-0.25, -0.2) is 4.79 Å². The van der Waals surface area contributed by atoms with Crippen molar-refractivity contribution in [2.45, 2.75) is 44.9 Å². The smallest absolute Gasteiger partial charge is 0.408 e. The molecule has 2 atom stereocenters. The third-order valence-corrected chi connectivity index (χ3v) is 6.21. The van der Waals surface area contributed by atoms with E-state index in [0.717, 1.165) is 35.2 Å². The van der Waals surface area contributed by atoms with E-state index < -0.39 is 24.1 Å². The van der Waals surface area contributed by atoms with Gasteiger partial charge in [-0.05, 0) is 42.5 Å². The lowest BCUT2D eigenvalue weighted by Gasteiger charge is -2.32. The number of hydrogen-bond acceptors (Lipinski definition) is 4. The van der Waals surface area contributed by atoms with Crippen LogP contribution in [0.2, 0.25) is 0 Å². The van der Waals surface area contributed by atoms with Crippen LogP contribution in [-0.4, -0.2) is 36.5 Å². The van der Waals surface area contributed by atoms with Crippen molar-refractivity contribution in [3.63, 3.8) is 0 Å². The minimum Gasteiger partial charge on any atom is -0.445 e. The lowest BCUT2D eigenvalue weighted by molar-refractivity contribution is -0.128. The second-order valence-electron chi connectivity index (χ2n) is 8.90. The van der Waals surface area contributed by atoms with Gasteiger partial charge >= 0.3 is 6.09 Å². The Bertz CT molecular complexity index is 1180. The van der Waals surface area contributed by atoms with Gasteiger partial charge in [0.15, 0.2) is 0 Å². The van der Waals surface area contributed by atoms with Crippen LogP contribution in [0.5, 0.6) is 0 Å². The predicted octanol–water partition coefficient (Wildman–Crippen LogP) is 4.01. The van der Waals surface area contributed by atoms with Gasteiger partial charge in [-0.2, -0.15) is 0 Å². The third-order valence-electron chi connectivity index (χ3n) is 6.21. The van der Waals surface area contributed by atoms with E-state index in [1.807, 2.05) is 84.9 Å². The molecule has 186 valence electrons. The van der Waals surface area contributed by atoms with Crippen LogP contribution in [-0.2, 0) is 33.8 Å². The van der Waals surface area contributed by atoms with Crippen LogP contribution in [0.4, 0.5) is 10.5 Å². The number of alkyl carbamates (subject to hydrolysis) is 1. The first-order valence-electron chi connectivity index (χ1n) is 12.2. The minimum absolute atomic E-state index is 0.0929. The highest BCUT2D eigenvalue weighted by atomic mass is 16.5. The van der Waals surface area contributed by atoms with Gasteiger partial charge in [0.1, 0.15) is 18.7 Å². The van der Waals surface area contributed by atoms with Crippen molar-refractivity contribution in [3.8, 4) is 0 Å². The molecular weight excluding hydrogens is 454 g/mol. The van der Waals surface area contributed by atoms with E-state index in [1.54, 1.807) is 11.8 Å². The quantitative estimate of drug-likeness (QED) is 0.505. The van der Waals surface area contributed by atoms with Gasteiger partial charge in [0.2, 0.25) is 11.8 Å². The number of aryl methyl sites for hydroxylation is 1. The molecule has 1 unspecified atom stereocenters. The van der Waals surface area contributed by atoms with E-state index in [2.05, 4.69) is 10.6 Å². The van der Waals surface area contributed by atoms with E-state index in [0.29, 0.717) is 6.54 Å². The van der Waals surface area contributed by atoms with Crippen LogP contribution in [0.25, 0.3) is 0 Å². The van der Waals surface area contributed by atoms with Gasteiger partial charge in [0.05, 0.1) is 0 Å². The first kappa shape index (κ1) is 25.0. The van der Waals surface area contributed by atoms with Gasteiger partial charge in [-0.15, -0.1) is 0 Å². The van der Waals surface area contributed by atoms with Crippen molar-refractivity contribution in [1.29, 1.82) is 0 Å². The highest BCUT2D eigenvalue weighted by Crippen LogP contribution is 2.27. The van der Waals surface area contributed by atoms with E-state index in [1.165, 1.54) is 0 Å². The summed E-state index contributed by atoms with van der Waals surface area (Å²) < 4.78 is 5.33. The summed E-state index contributed by atoms with van der Waals surface area (Å²) in [6.07, 6.45) is 1.36. The van der Waals surface area contributed by atoms with Crippen LogP contribution in [0.3, 0.4) is 0 Å². The Labute approximate surface area is 211 Å². The van der Waals surface area contributed by atoms with Gasteiger partial charge < -0.3 is 20.3 Å². The molecule has 3 amide bonds. The van der Waals surface area contributed by atoms with Crippen LogP contribution in [0.1, 0.15) is 30.0 Å². The molecule has 0 saturated carbocycles. The molecule has 0 aromatic heterocycles. The van der Waals surface area contributed by atoms with E-state index in [-0.39, 0.29) is 18.9 Å². The lowest BCUT2D eigenvalue weighted by Crippen LogP contribution is -2.54. The summed E-state index contributed by atoms with van der Waals surface area (Å²) in [7, 11) is 0. The van der Waals surface area contributed by atoms with E-state index in [9.17, 15) is 14.4 Å². The average Bonchev–Trinajstić information content (AvgIpc) is 2.92. The van der Waals surface area contributed by atoms with Crippen LogP contribution in [0.15, 0.2) is 84.9 Å². The Morgan fingerprint density at radius 2 is 1.50 bits per heavy atom. The number of carbonyl (C=O) groups is 3. The largest absolute Gasteiger partial charge is 0.445 e. The van der Waals surface area contributed by atoms with Gasteiger partial charge in [-0.1, -0.05) is 78.9 Å². The SMILES string of the molecule is CC(NC(=O)[C@H](Cc1ccccc1)NC(=O)OCc1ccccc1)C(=O)N1CCCc2ccccc21. The molecule has 0 saturated heterocycles. The molecule has 1 aliphatic heterocycles. The number of fused-ring (bicyclic) bond motifs is 1. The highest BCUT2D eigenvalue weighted by Gasteiger charge is 2.30. The Hall–Kier alpha value is -4.13. The maximum atomic E-state index is 13.3. The van der Waals surface area contributed by atoms with Crippen LogP contribution < -0.4 is 15.5 Å². The van der Waals surface area contributed by atoms with Crippen molar-refractivity contribution < 1.29 is 19.1 Å². The van der Waals surface area contributed by atoms with E-state index in [4.69, 9.17) is 4.74 Å². The summed E-state index contributed by atoms with van der Waals surface area (Å²) in [5.74, 6) is -0.623. The Morgan fingerprint density at radius 1 is 0.861 bits per heavy atom. The minimum atomic E-state index is -0.903. The molecule has 1 heterocycles. The van der Waals surface area contributed by atoms with Crippen molar-refractivity contribution in [2.75, 3.05) is 11.4 Å². The molecule has 0 radical (unpaired) electrons. The summed E-state index contributed by atoms with van der Waals surface area (Å²) in [4.78, 5) is 40.8. The summed E-state index contributed by atoms with van der Waals surface area (Å²) in [5.41, 5.74) is 3.74. The first-order valence-corrected chi connectivity index (χ1v) is 12.2. The van der Waals surface area contributed by atoms with Crippen molar-refractivity contribution in [2.24, 2.45) is 0 Å². The lowest BCUT2D eigenvalue weighted by atomic mass is 10.0. The summed E-state index contributed by atoms with van der Waals surface area (Å²) >= 11 is 0. The zero-order valence-electron chi connectivity index (χ0n) is 20.4. The molecule has 3 aromatic carbocycles. The number of nitrogens with zero attached hydrogens (tertiary/aromatic N) is 1. The number of carbonyl (C=O) groups excluding carboxylic acids is 3. The number of ether oxygens (including phenoxy) is 1. The number of rotatable bonds is 8. The standard InChI is InChI=1S/C29H31N3O4/c1-21(28(34)32-18-10-16-24-15-8-9-17-26(24)32)30-27(33)25(19-22-11-4-2-5-12-22)31-29(35)36-20-23-13-6-3-7-14-23/h2-9,11-15,17,21,25H,10,16,18-20H2,1H3,(H,30,33)(H,31,35)/t21?,25-/m0/s1. The molecule has 7 nitrogen and oxygen atoms in total. The molecule has 0 spiro atoms. The number of para-hydroxylation sites is 1. The number of hydrogen-bond donors (Lipinski definition) is 2. The fraction of sp³-hybridized carbons (Fsp3) is 0.276. The van der Waals surface area contributed by atoms with Gasteiger partial charge in [0, 0.05) is 18.7 Å². The molecule has 4 rings (SSSR count). The number of anilines is 1. The maximum Gasteiger partial charge on any atom is 0.408 e. The van der Waals surface area contributed by atoms with Crippen LogP contribution >= 0.6 is 0 Å². The highest BCUT2D eigenvalue weighted by molar-refractivity contribution is 6.00. The second-order valence-corrected chi connectivity index (χ2v) is 8.90. The fourth-order valence-electron chi connectivity index (χ4n) is 4.34. The Kier molecular flexibility index (Phi) is 8.34. The average molecular weight is 486 g/mol. The maximum absolute atomic E-state index is 13.3. The monoisotopic (exact) mass is 485 g/mol. The zero-order valence-corrected chi connectivity index (χ0v) is 20.4. The number of nitrogens with one attached hydrogen (secondary N) is 2. The zero-order chi connectivity index (χ0) is 25.3. The molecule has 36 heavy (non-hydrogen) atoms. The molecule has 0 aliphatic carbocycles. The molecule has 3 aromatic rings. The number of amides is 3. The Morgan fingerprint density at radius 3 is 2.22 bits per heavy atom. The first-order chi connectivity index (χ1) is 17.5. The van der Waals surface area contributed by atoms with Crippen molar-refractivity contribution in [1.82, 2.24) is 10.6 Å². The predicted molar refractivity (Wildman–Crippen MR) is 138 cm³/mol. The topological polar surface area (TPSA) is 87.7 Å². The summed E-state index contributed by atoms with van der Waals surface area (Å²) in [6.45, 7) is 2.37. The Balaban J connectivity index is 1.42. The normalized spacial score (nSPS) is 14.2. The molecule has 0 bridgehead atoms. The molecule has 0 fully saturated rings. The van der Waals surface area contributed by atoms with Gasteiger partial charge in [0.25, 0.3) is 0 Å². The number of benzene rings is 3. The van der Waals surface area contributed by atoms with Crippen LogP contribution in [0, 0.1) is 0 Å². The van der Waals surface area contributed by atoms with E-state index >= 15 is 0 Å². The molecular formula is C29H31N3O4. The second kappa shape index (κ2) is 12.0. The van der Waals surface area contributed by atoms with Crippen molar-refractivity contribution >= 4 is 23.6 Å². The molecule has 7 heteroatoms. The summed E-state index contributed by atoms with van der Waals surface area (Å²) in [6, 6.07) is 24.9. The van der Waals surface area contributed by atoms with Gasteiger partial charge in [-0.3, -0.25) is 9.59 Å². The van der Waals surface area contributed by atoms with Crippen molar-refractivity contribution in [3.05, 3.63) is 102 Å². The molecule has 1 aliphatic rings. The molecule has 2 N–H and O–H groups in total. The fourth-order valence-corrected chi connectivity index (χ4v) is 4.34.